The van der Waals surface area contributed by atoms with Crippen molar-refractivity contribution in [3.05, 3.63) is 70.5 Å². The maximum Gasteiger partial charge on any atom is 0.123 e. The first-order valence-corrected chi connectivity index (χ1v) is 6.37. The van der Waals surface area contributed by atoms with Crippen LogP contribution in [0.2, 0.25) is 0 Å². The minimum absolute atomic E-state index is 0.0860. The second-order valence-corrected chi connectivity index (χ2v) is 4.97. The summed E-state index contributed by atoms with van der Waals surface area (Å²) in [6.07, 6.45) is 0.736. The van der Waals surface area contributed by atoms with Crippen LogP contribution in [0.4, 0.5) is 4.39 Å². The Morgan fingerprint density at radius 3 is 2.32 bits per heavy atom. The summed E-state index contributed by atoms with van der Waals surface area (Å²) in [7, 11) is 0. The highest BCUT2D eigenvalue weighted by atomic mass is 19.1. The van der Waals surface area contributed by atoms with Crippen LogP contribution in [0.1, 0.15) is 28.3 Å². The molecule has 1 unspecified atom stereocenters. The lowest BCUT2D eigenvalue weighted by Gasteiger charge is -2.17. The smallest absolute Gasteiger partial charge is 0.123 e. The van der Waals surface area contributed by atoms with Crippen molar-refractivity contribution in [1.82, 2.24) is 5.43 Å². The molecule has 100 valence electrons. The summed E-state index contributed by atoms with van der Waals surface area (Å²) in [5.74, 6) is 5.39. The lowest BCUT2D eigenvalue weighted by molar-refractivity contribution is 0.544. The molecule has 0 radical (unpaired) electrons. The van der Waals surface area contributed by atoms with Gasteiger partial charge in [-0.05, 0) is 49.1 Å². The molecule has 0 heterocycles. The quantitative estimate of drug-likeness (QED) is 0.653. The van der Waals surface area contributed by atoms with Crippen LogP contribution in [-0.2, 0) is 6.42 Å². The molecule has 0 fully saturated rings. The fraction of sp³-hybridized carbons (Fsp3) is 0.250. The predicted octanol–water partition coefficient (Wildman–Crippen LogP) is 3.19. The Morgan fingerprint density at radius 2 is 1.74 bits per heavy atom. The molecule has 2 rings (SSSR count). The van der Waals surface area contributed by atoms with Gasteiger partial charge in [-0.2, -0.15) is 0 Å². The van der Waals surface area contributed by atoms with Gasteiger partial charge >= 0.3 is 0 Å². The average Bonchev–Trinajstić information content (AvgIpc) is 2.37. The van der Waals surface area contributed by atoms with Crippen LogP contribution < -0.4 is 11.3 Å². The van der Waals surface area contributed by atoms with Gasteiger partial charge in [-0.15, -0.1) is 0 Å². The monoisotopic (exact) mass is 258 g/mol. The Kier molecular flexibility index (Phi) is 4.30. The highest BCUT2D eigenvalue weighted by molar-refractivity contribution is 5.29. The van der Waals surface area contributed by atoms with Crippen molar-refractivity contribution in [3.63, 3.8) is 0 Å². The number of halogens is 1. The lowest BCUT2D eigenvalue weighted by atomic mass is 9.97. The number of aryl methyl sites for hydroxylation is 2. The molecule has 2 aromatic rings. The van der Waals surface area contributed by atoms with Gasteiger partial charge in [-0.3, -0.25) is 11.3 Å². The maximum absolute atomic E-state index is 13.4. The molecule has 2 aromatic carbocycles. The van der Waals surface area contributed by atoms with Crippen molar-refractivity contribution in [3.8, 4) is 0 Å². The van der Waals surface area contributed by atoms with E-state index in [0.29, 0.717) is 0 Å². The SMILES string of the molecule is Cc1ccc(CC(NN)c2cc(C)cc(F)c2)cc1. The first-order chi connectivity index (χ1) is 9.08. The number of benzene rings is 2. The van der Waals surface area contributed by atoms with Gasteiger partial charge in [0, 0.05) is 0 Å². The van der Waals surface area contributed by atoms with Crippen molar-refractivity contribution in [2.24, 2.45) is 5.84 Å². The molecule has 0 amide bonds. The lowest BCUT2D eigenvalue weighted by Crippen LogP contribution is -2.29. The second kappa shape index (κ2) is 5.95. The van der Waals surface area contributed by atoms with Crippen LogP contribution in [0.15, 0.2) is 42.5 Å². The van der Waals surface area contributed by atoms with Gasteiger partial charge in [-0.25, -0.2) is 4.39 Å². The van der Waals surface area contributed by atoms with Gasteiger partial charge in [0.1, 0.15) is 5.82 Å². The summed E-state index contributed by atoms with van der Waals surface area (Å²) in [6.45, 7) is 3.93. The van der Waals surface area contributed by atoms with E-state index in [0.717, 1.165) is 17.5 Å². The summed E-state index contributed by atoms with van der Waals surface area (Å²) in [4.78, 5) is 0. The molecule has 3 heteroatoms. The van der Waals surface area contributed by atoms with Gasteiger partial charge < -0.3 is 0 Å². The van der Waals surface area contributed by atoms with Crippen LogP contribution >= 0.6 is 0 Å². The summed E-state index contributed by atoms with van der Waals surface area (Å²) in [5.41, 5.74) is 6.95. The minimum atomic E-state index is -0.223. The minimum Gasteiger partial charge on any atom is -0.271 e. The van der Waals surface area contributed by atoms with Crippen molar-refractivity contribution in [2.75, 3.05) is 0 Å². The van der Waals surface area contributed by atoms with Crippen LogP contribution in [0.25, 0.3) is 0 Å². The van der Waals surface area contributed by atoms with E-state index >= 15 is 0 Å². The van der Waals surface area contributed by atoms with E-state index in [2.05, 4.69) is 36.6 Å². The molecule has 0 aliphatic carbocycles. The summed E-state index contributed by atoms with van der Waals surface area (Å²) < 4.78 is 13.4. The zero-order chi connectivity index (χ0) is 13.8. The second-order valence-electron chi connectivity index (χ2n) is 4.97. The molecule has 0 aliphatic heterocycles. The Balaban J connectivity index is 2.22. The fourth-order valence-corrected chi connectivity index (χ4v) is 2.20. The molecule has 0 spiro atoms. The molecule has 0 saturated heterocycles. The Morgan fingerprint density at radius 1 is 1.05 bits per heavy atom. The zero-order valence-corrected chi connectivity index (χ0v) is 11.3. The number of hydrazine groups is 1. The Bertz CT molecular complexity index is 529. The van der Waals surface area contributed by atoms with Crippen LogP contribution in [0, 0.1) is 19.7 Å². The van der Waals surface area contributed by atoms with Crippen LogP contribution in [0.5, 0.6) is 0 Å². The molecule has 0 aromatic heterocycles. The zero-order valence-electron chi connectivity index (χ0n) is 11.3. The van der Waals surface area contributed by atoms with Crippen molar-refractivity contribution in [2.45, 2.75) is 26.3 Å². The first kappa shape index (κ1) is 13.7. The standard InChI is InChI=1S/C16H19FN2/c1-11-3-5-13(6-4-11)9-16(19-18)14-7-12(2)8-15(17)10-14/h3-8,10,16,19H,9,18H2,1-2H3. The summed E-state index contributed by atoms with van der Waals surface area (Å²) in [6, 6.07) is 13.2. The van der Waals surface area contributed by atoms with Gasteiger partial charge in [0.2, 0.25) is 0 Å². The molecule has 0 bridgehead atoms. The van der Waals surface area contributed by atoms with E-state index in [9.17, 15) is 4.39 Å². The number of hydrogen-bond donors (Lipinski definition) is 2. The number of hydrogen-bond acceptors (Lipinski definition) is 2. The fourth-order valence-electron chi connectivity index (χ4n) is 2.20. The normalized spacial score (nSPS) is 12.4. The van der Waals surface area contributed by atoms with Gasteiger partial charge in [0.05, 0.1) is 6.04 Å². The van der Waals surface area contributed by atoms with E-state index < -0.39 is 0 Å². The highest BCUT2D eigenvalue weighted by Crippen LogP contribution is 2.20. The van der Waals surface area contributed by atoms with Gasteiger partial charge in [-0.1, -0.05) is 35.9 Å². The topological polar surface area (TPSA) is 38.0 Å². The van der Waals surface area contributed by atoms with Crippen molar-refractivity contribution >= 4 is 0 Å². The van der Waals surface area contributed by atoms with E-state index in [-0.39, 0.29) is 11.9 Å². The van der Waals surface area contributed by atoms with Crippen molar-refractivity contribution < 1.29 is 4.39 Å². The molecule has 0 aliphatic rings. The van der Waals surface area contributed by atoms with E-state index in [1.165, 1.54) is 23.3 Å². The third-order valence-corrected chi connectivity index (χ3v) is 3.23. The molecule has 2 nitrogen and oxygen atoms in total. The Labute approximate surface area is 113 Å². The van der Waals surface area contributed by atoms with Crippen LogP contribution in [0.3, 0.4) is 0 Å². The number of nitrogens with two attached hydrogens (primary N) is 1. The van der Waals surface area contributed by atoms with Crippen LogP contribution in [-0.4, -0.2) is 0 Å². The summed E-state index contributed by atoms with van der Waals surface area (Å²) in [5, 5.41) is 0. The van der Waals surface area contributed by atoms with E-state index in [4.69, 9.17) is 5.84 Å². The first-order valence-electron chi connectivity index (χ1n) is 6.37. The average molecular weight is 258 g/mol. The van der Waals surface area contributed by atoms with Gasteiger partial charge in [0.25, 0.3) is 0 Å². The molecule has 3 N–H and O–H groups in total. The van der Waals surface area contributed by atoms with E-state index in [1.807, 2.05) is 13.0 Å². The van der Waals surface area contributed by atoms with Crippen molar-refractivity contribution in [1.29, 1.82) is 0 Å². The number of nitrogens with one attached hydrogen (secondary N) is 1. The van der Waals surface area contributed by atoms with Gasteiger partial charge in [0.15, 0.2) is 0 Å². The number of rotatable bonds is 4. The largest absolute Gasteiger partial charge is 0.271 e. The molecule has 0 saturated carbocycles. The third-order valence-electron chi connectivity index (χ3n) is 3.23. The molecule has 19 heavy (non-hydrogen) atoms. The highest BCUT2D eigenvalue weighted by Gasteiger charge is 2.12. The maximum atomic E-state index is 13.4. The predicted molar refractivity (Wildman–Crippen MR) is 76.1 cm³/mol. The molecular weight excluding hydrogens is 239 g/mol. The Hall–Kier alpha value is -1.71. The summed E-state index contributed by atoms with van der Waals surface area (Å²) >= 11 is 0. The van der Waals surface area contributed by atoms with E-state index in [1.54, 1.807) is 0 Å². The molecular formula is C16H19FN2. The third kappa shape index (κ3) is 3.63. The molecule has 1 atom stereocenters.